The minimum atomic E-state index is -4.66. The lowest BCUT2D eigenvalue weighted by molar-refractivity contribution is -0.141. The molecule has 2 aliphatic rings. The van der Waals surface area contributed by atoms with Gasteiger partial charge in [-0.15, -0.1) is 0 Å². The molecule has 0 radical (unpaired) electrons. The molecule has 7 nitrogen and oxygen atoms in total. The minimum Gasteiger partial charge on any atom is -0.497 e. The van der Waals surface area contributed by atoms with Gasteiger partial charge in [-0.05, 0) is 49.4 Å². The summed E-state index contributed by atoms with van der Waals surface area (Å²) in [4.78, 5) is 20.3. The number of hydrogen-bond acceptors (Lipinski definition) is 5. The Morgan fingerprint density at radius 2 is 1.97 bits per heavy atom. The van der Waals surface area contributed by atoms with Crippen molar-refractivity contribution in [1.29, 1.82) is 0 Å². The zero-order valence-corrected chi connectivity index (χ0v) is 22.0. The van der Waals surface area contributed by atoms with Crippen LogP contribution in [0.2, 0.25) is 0 Å². The first-order valence-corrected chi connectivity index (χ1v) is 13.2. The number of halogens is 4. The molecule has 5 rings (SSSR count). The normalized spacial score (nSPS) is 16.7. The summed E-state index contributed by atoms with van der Waals surface area (Å²) in [5, 5.41) is 4.12. The van der Waals surface area contributed by atoms with Gasteiger partial charge in [-0.1, -0.05) is 15.9 Å². The smallest absolute Gasteiger partial charge is 0.435 e. The number of fused-ring (bicyclic) bond motifs is 1. The zero-order chi connectivity index (χ0) is 26.3. The predicted octanol–water partition coefficient (Wildman–Crippen LogP) is 5.87. The van der Waals surface area contributed by atoms with Crippen molar-refractivity contribution in [2.45, 2.75) is 43.9 Å². The second-order valence-corrected chi connectivity index (χ2v) is 9.71. The molecule has 1 atom stereocenters. The van der Waals surface area contributed by atoms with Gasteiger partial charge in [0.15, 0.2) is 5.69 Å². The Morgan fingerprint density at radius 3 is 2.62 bits per heavy atom. The van der Waals surface area contributed by atoms with Crippen LogP contribution in [0.1, 0.15) is 53.1 Å². The Hall–Kier alpha value is -3.08. The highest BCUT2D eigenvalue weighted by molar-refractivity contribution is 9.08. The molecule has 1 aliphatic heterocycles. The summed E-state index contributed by atoms with van der Waals surface area (Å²) in [5.41, 5.74) is 0.707. The van der Waals surface area contributed by atoms with E-state index < -0.39 is 11.9 Å². The van der Waals surface area contributed by atoms with E-state index in [0.717, 1.165) is 18.5 Å². The maximum Gasteiger partial charge on any atom is 0.435 e. The van der Waals surface area contributed by atoms with E-state index in [0.29, 0.717) is 16.6 Å². The average Bonchev–Trinajstić information content (AvgIpc) is 3.65. The molecular formula is C26H26BrF3N4O3. The molecule has 1 amide bonds. The topological polar surface area (TPSA) is 69.5 Å². The fourth-order valence-electron chi connectivity index (χ4n) is 4.82. The lowest BCUT2D eigenvalue weighted by atomic mass is 9.97. The number of pyridine rings is 1. The molecule has 1 aromatic carbocycles. The van der Waals surface area contributed by atoms with Gasteiger partial charge in [-0.3, -0.25) is 14.5 Å². The number of nitrogens with zero attached hydrogens (tertiary/aromatic N) is 4. The van der Waals surface area contributed by atoms with Gasteiger partial charge in [0, 0.05) is 41.5 Å². The first-order valence-electron chi connectivity index (χ1n) is 12.1. The number of amides is 1. The molecule has 37 heavy (non-hydrogen) atoms. The zero-order valence-electron chi connectivity index (χ0n) is 20.4. The molecule has 3 aromatic rings. The first kappa shape index (κ1) is 25.6. The van der Waals surface area contributed by atoms with E-state index in [-0.39, 0.29) is 60.0 Å². The maximum atomic E-state index is 14.1. The van der Waals surface area contributed by atoms with Crippen LogP contribution in [-0.4, -0.2) is 45.8 Å². The van der Waals surface area contributed by atoms with Crippen LogP contribution in [-0.2, 0) is 18.1 Å². The summed E-state index contributed by atoms with van der Waals surface area (Å²) in [7, 11) is 1.58. The van der Waals surface area contributed by atoms with Gasteiger partial charge in [-0.2, -0.15) is 18.3 Å². The highest BCUT2D eigenvalue weighted by atomic mass is 79.9. The fourth-order valence-corrected chi connectivity index (χ4v) is 5.15. The number of alkyl halides is 4. The van der Waals surface area contributed by atoms with Crippen LogP contribution in [0.3, 0.4) is 0 Å². The van der Waals surface area contributed by atoms with Gasteiger partial charge < -0.3 is 14.4 Å². The number of benzene rings is 1. The van der Waals surface area contributed by atoms with Crippen LogP contribution in [0.4, 0.5) is 13.2 Å². The minimum absolute atomic E-state index is 0.108. The molecule has 0 saturated heterocycles. The number of methoxy groups -OCH3 is 1. The third-order valence-corrected chi connectivity index (χ3v) is 7.36. The third-order valence-electron chi connectivity index (χ3n) is 6.71. The first-order chi connectivity index (χ1) is 17.7. The van der Waals surface area contributed by atoms with E-state index in [1.54, 1.807) is 43.3 Å². The van der Waals surface area contributed by atoms with Crippen LogP contribution in [0, 0.1) is 5.92 Å². The van der Waals surface area contributed by atoms with Crippen LogP contribution in [0.15, 0.2) is 36.7 Å². The summed E-state index contributed by atoms with van der Waals surface area (Å²) in [6.07, 6.45) is 0.266. The Balaban J connectivity index is 1.63. The van der Waals surface area contributed by atoms with Gasteiger partial charge in [0.2, 0.25) is 0 Å². The largest absolute Gasteiger partial charge is 0.497 e. The van der Waals surface area contributed by atoms with Crippen molar-refractivity contribution >= 4 is 21.8 Å². The second-order valence-electron chi connectivity index (χ2n) is 9.15. The molecule has 0 spiro atoms. The molecule has 2 aromatic heterocycles. The van der Waals surface area contributed by atoms with Crippen molar-refractivity contribution in [3.8, 4) is 22.6 Å². The number of aryl methyl sites for hydroxylation is 1. The number of ether oxygens (including phenoxy) is 2. The molecule has 0 unspecified atom stereocenters. The van der Waals surface area contributed by atoms with Crippen molar-refractivity contribution in [3.05, 3.63) is 59.2 Å². The van der Waals surface area contributed by atoms with Crippen molar-refractivity contribution < 1.29 is 27.4 Å². The van der Waals surface area contributed by atoms with E-state index >= 15 is 0 Å². The second kappa shape index (κ2) is 10.00. The van der Waals surface area contributed by atoms with E-state index in [9.17, 15) is 18.0 Å². The molecule has 3 heterocycles. The summed E-state index contributed by atoms with van der Waals surface area (Å²) < 4.78 is 54.5. The standard InChI is InChI=1S/C26H26BrF3N4O3/c1-3-33-14-20(24(32-33)26(28,29)30)18-10-15(13-27)11-19-23(18)37-9-8-34(25(19)35)22(16-4-5-16)21-12-17(36-2)6-7-31-21/h6-7,10-12,14,16,22H,3-5,8-9,13H2,1-2H3/t22-/m0/s1. The number of carbonyl (C=O) groups is 1. The molecule has 0 bridgehead atoms. The van der Waals surface area contributed by atoms with E-state index in [1.807, 2.05) is 6.07 Å². The van der Waals surface area contributed by atoms with Crippen LogP contribution >= 0.6 is 15.9 Å². The van der Waals surface area contributed by atoms with Gasteiger partial charge in [0.1, 0.15) is 18.1 Å². The number of rotatable bonds is 7. The van der Waals surface area contributed by atoms with Crippen LogP contribution < -0.4 is 9.47 Å². The number of carbonyl (C=O) groups excluding carboxylic acids is 1. The average molecular weight is 579 g/mol. The summed E-state index contributed by atoms with van der Waals surface area (Å²) >= 11 is 3.41. The van der Waals surface area contributed by atoms with Crippen LogP contribution in [0.25, 0.3) is 11.1 Å². The van der Waals surface area contributed by atoms with Crippen molar-refractivity contribution in [1.82, 2.24) is 19.7 Å². The Kier molecular flexibility index (Phi) is 6.91. The predicted molar refractivity (Wildman–Crippen MR) is 134 cm³/mol. The Morgan fingerprint density at radius 1 is 1.22 bits per heavy atom. The van der Waals surface area contributed by atoms with Crippen LogP contribution in [0.5, 0.6) is 11.5 Å². The lowest BCUT2D eigenvalue weighted by Gasteiger charge is -2.30. The molecule has 11 heteroatoms. The molecule has 1 fully saturated rings. The highest BCUT2D eigenvalue weighted by Crippen LogP contribution is 2.47. The molecular weight excluding hydrogens is 553 g/mol. The SMILES string of the molecule is CCn1cc(-c2cc(CBr)cc3c2OCCN([C@H](c2cc(OC)ccn2)C2CC2)C3=O)c(C(F)(F)F)n1. The molecule has 1 saturated carbocycles. The Bertz CT molecular complexity index is 1320. The third kappa shape index (κ3) is 4.93. The summed E-state index contributed by atoms with van der Waals surface area (Å²) in [5.74, 6) is 0.732. The van der Waals surface area contributed by atoms with Gasteiger partial charge >= 0.3 is 6.18 Å². The summed E-state index contributed by atoms with van der Waals surface area (Å²) in [6, 6.07) is 6.61. The highest BCUT2D eigenvalue weighted by Gasteiger charge is 2.43. The quantitative estimate of drug-likeness (QED) is 0.328. The molecule has 196 valence electrons. The van der Waals surface area contributed by atoms with Gasteiger partial charge in [0.25, 0.3) is 5.91 Å². The van der Waals surface area contributed by atoms with Gasteiger partial charge in [-0.25, -0.2) is 0 Å². The van der Waals surface area contributed by atoms with E-state index in [2.05, 4.69) is 26.0 Å². The van der Waals surface area contributed by atoms with Crippen molar-refractivity contribution in [3.63, 3.8) is 0 Å². The monoisotopic (exact) mass is 578 g/mol. The number of aromatic nitrogens is 3. The molecule has 1 aliphatic carbocycles. The maximum absolute atomic E-state index is 14.1. The van der Waals surface area contributed by atoms with Gasteiger partial charge in [0.05, 0.1) is 31.0 Å². The summed E-state index contributed by atoms with van der Waals surface area (Å²) in [6.45, 7) is 2.40. The molecule has 0 N–H and O–H groups in total. The number of hydrogen-bond donors (Lipinski definition) is 0. The van der Waals surface area contributed by atoms with Crippen molar-refractivity contribution in [2.24, 2.45) is 5.92 Å². The van der Waals surface area contributed by atoms with E-state index in [4.69, 9.17) is 9.47 Å². The Labute approximate surface area is 220 Å². The lowest BCUT2D eigenvalue weighted by Crippen LogP contribution is -2.37. The van der Waals surface area contributed by atoms with Crippen molar-refractivity contribution in [2.75, 3.05) is 20.3 Å². The van der Waals surface area contributed by atoms with E-state index in [1.165, 1.54) is 10.9 Å². The fraction of sp³-hybridized carbons (Fsp3) is 0.423.